The van der Waals surface area contributed by atoms with E-state index in [-0.39, 0.29) is 17.2 Å². The first-order chi connectivity index (χ1) is 11.1. The van der Waals surface area contributed by atoms with Gasteiger partial charge in [-0.1, -0.05) is 12.1 Å². The van der Waals surface area contributed by atoms with Crippen LogP contribution in [0.2, 0.25) is 0 Å². The van der Waals surface area contributed by atoms with Crippen LogP contribution in [0.15, 0.2) is 42.5 Å². The molecule has 1 fully saturated rings. The summed E-state index contributed by atoms with van der Waals surface area (Å²) in [5.41, 5.74) is 0.662. The van der Waals surface area contributed by atoms with Crippen molar-refractivity contribution in [2.24, 2.45) is 0 Å². The van der Waals surface area contributed by atoms with Gasteiger partial charge in [0, 0.05) is 38.3 Å². The quantitative estimate of drug-likeness (QED) is 0.644. The Balaban J connectivity index is 1.78. The van der Waals surface area contributed by atoms with Gasteiger partial charge in [0.15, 0.2) is 0 Å². The van der Waals surface area contributed by atoms with E-state index in [1.165, 1.54) is 18.2 Å². The molecule has 0 N–H and O–H groups in total. The first-order valence-electron chi connectivity index (χ1n) is 7.24. The Kier molecular flexibility index (Phi) is 4.10. The maximum atomic E-state index is 13.8. The number of rotatable bonds is 3. The monoisotopic (exact) mass is 319 g/mol. The van der Waals surface area contributed by atoms with Crippen LogP contribution in [0.5, 0.6) is 0 Å². The predicted molar refractivity (Wildman–Crippen MR) is 83.9 cm³/mol. The fraction of sp³-hybridized carbons (Fsp3) is 0.250. The van der Waals surface area contributed by atoms with Gasteiger partial charge >= 0.3 is 0 Å². The van der Waals surface area contributed by atoms with Crippen molar-refractivity contribution in [1.29, 1.82) is 0 Å². The van der Waals surface area contributed by atoms with Crippen molar-refractivity contribution in [3.8, 4) is 0 Å². The molecule has 3 rings (SSSR count). The van der Waals surface area contributed by atoms with E-state index in [9.17, 15) is 18.9 Å². The minimum absolute atomic E-state index is 0.120. The third-order valence-corrected chi connectivity index (χ3v) is 3.95. The Morgan fingerprint density at radius 2 is 1.52 bits per heavy atom. The fourth-order valence-corrected chi connectivity index (χ4v) is 2.80. The predicted octanol–water partition coefficient (Wildman–Crippen LogP) is 3.20. The second-order valence-electron chi connectivity index (χ2n) is 5.32. The lowest BCUT2D eigenvalue weighted by molar-refractivity contribution is -0.384. The molecule has 0 aromatic heterocycles. The summed E-state index contributed by atoms with van der Waals surface area (Å²) in [5, 5.41) is 11.1. The topological polar surface area (TPSA) is 49.6 Å². The summed E-state index contributed by atoms with van der Waals surface area (Å²) in [4.78, 5) is 14.2. The largest absolute Gasteiger partial charge is 0.366 e. The second kappa shape index (κ2) is 6.20. The molecule has 0 spiro atoms. The minimum Gasteiger partial charge on any atom is -0.366 e. The zero-order chi connectivity index (χ0) is 16.4. The number of benzene rings is 2. The normalized spacial score (nSPS) is 14.9. The molecule has 7 heteroatoms. The SMILES string of the molecule is O=[N+]([O-])c1ccc(F)cc1N1CCN(c2ccccc2F)CC1. The molecule has 120 valence electrons. The molecule has 1 aliphatic heterocycles. The van der Waals surface area contributed by atoms with Crippen molar-refractivity contribution in [3.05, 3.63) is 64.2 Å². The summed E-state index contributed by atoms with van der Waals surface area (Å²) in [6.45, 7) is 1.93. The van der Waals surface area contributed by atoms with E-state index in [0.717, 1.165) is 6.07 Å². The van der Waals surface area contributed by atoms with E-state index in [2.05, 4.69) is 0 Å². The Bertz CT molecular complexity index is 731. The molecule has 0 amide bonds. The Hall–Kier alpha value is -2.70. The Morgan fingerprint density at radius 3 is 2.13 bits per heavy atom. The van der Waals surface area contributed by atoms with E-state index in [1.807, 2.05) is 4.90 Å². The molecule has 1 aliphatic rings. The smallest absolute Gasteiger partial charge is 0.292 e. The molecule has 0 aliphatic carbocycles. The summed E-state index contributed by atoms with van der Waals surface area (Å²) in [6.07, 6.45) is 0. The van der Waals surface area contributed by atoms with E-state index < -0.39 is 10.7 Å². The maximum Gasteiger partial charge on any atom is 0.292 e. The van der Waals surface area contributed by atoms with Crippen molar-refractivity contribution < 1.29 is 13.7 Å². The summed E-state index contributed by atoms with van der Waals surface area (Å²) in [5.74, 6) is -0.806. The van der Waals surface area contributed by atoms with Crippen LogP contribution in [0.1, 0.15) is 0 Å². The summed E-state index contributed by atoms with van der Waals surface area (Å²) in [7, 11) is 0. The van der Waals surface area contributed by atoms with Gasteiger partial charge in [0.25, 0.3) is 5.69 Å². The van der Waals surface area contributed by atoms with Gasteiger partial charge < -0.3 is 9.80 Å². The molecule has 0 atom stereocenters. The maximum absolute atomic E-state index is 13.8. The highest BCUT2D eigenvalue weighted by molar-refractivity contribution is 5.64. The van der Waals surface area contributed by atoms with Crippen LogP contribution < -0.4 is 9.80 Å². The Labute approximate surface area is 131 Å². The molecule has 0 unspecified atom stereocenters. The van der Waals surface area contributed by atoms with Gasteiger partial charge in [-0.25, -0.2) is 8.78 Å². The second-order valence-corrected chi connectivity index (χ2v) is 5.32. The molecule has 2 aromatic rings. The molecule has 23 heavy (non-hydrogen) atoms. The number of nitro benzene ring substituents is 1. The van der Waals surface area contributed by atoms with Crippen molar-refractivity contribution >= 4 is 17.1 Å². The number of piperazine rings is 1. The average molecular weight is 319 g/mol. The number of para-hydroxylation sites is 1. The number of hydrogen-bond acceptors (Lipinski definition) is 4. The number of halogens is 2. The highest BCUT2D eigenvalue weighted by Gasteiger charge is 2.25. The van der Waals surface area contributed by atoms with Crippen LogP contribution in [0.3, 0.4) is 0 Å². The van der Waals surface area contributed by atoms with Crippen molar-refractivity contribution in [1.82, 2.24) is 0 Å². The number of hydrogen-bond donors (Lipinski definition) is 0. The lowest BCUT2D eigenvalue weighted by Crippen LogP contribution is -2.47. The molecular weight excluding hydrogens is 304 g/mol. The standard InChI is InChI=1S/C16H15F2N3O2/c17-12-5-6-15(21(22)23)16(11-12)20-9-7-19(8-10-20)14-4-2-1-3-13(14)18/h1-6,11H,7-10H2. The minimum atomic E-state index is -0.516. The molecule has 0 bridgehead atoms. The van der Waals surface area contributed by atoms with Crippen LogP contribution in [0, 0.1) is 21.7 Å². The van der Waals surface area contributed by atoms with Gasteiger partial charge in [-0.05, 0) is 18.2 Å². The molecule has 5 nitrogen and oxygen atoms in total. The van der Waals surface area contributed by atoms with Gasteiger partial charge in [-0.3, -0.25) is 10.1 Å². The van der Waals surface area contributed by atoms with Crippen molar-refractivity contribution in [2.45, 2.75) is 0 Å². The van der Waals surface area contributed by atoms with Crippen LogP contribution in [0.25, 0.3) is 0 Å². The molecule has 2 aromatic carbocycles. The molecule has 0 radical (unpaired) electrons. The lowest BCUT2D eigenvalue weighted by Gasteiger charge is -2.37. The molecule has 1 saturated heterocycles. The number of nitrogens with zero attached hydrogens (tertiary/aromatic N) is 3. The highest BCUT2D eigenvalue weighted by atomic mass is 19.1. The summed E-state index contributed by atoms with van der Waals surface area (Å²) >= 11 is 0. The number of nitro groups is 1. The third kappa shape index (κ3) is 3.08. The van der Waals surface area contributed by atoms with Crippen LogP contribution in [0.4, 0.5) is 25.8 Å². The van der Waals surface area contributed by atoms with Gasteiger partial charge in [0.1, 0.15) is 17.3 Å². The van der Waals surface area contributed by atoms with E-state index in [1.54, 1.807) is 23.1 Å². The van der Waals surface area contributed by atoms with Crippen molar-refractivity contribution in [3.63, 3.8) is 0 Å². The van der Waals surface area contributed by atoms with E-state index in [4.69, 9.17) is 0 Å². The van der Waals surface area contributed by atoms with Crippen LogP contribution in [-0.2, 0) is 0 Å². The van der Waals surface area contributed by atoms with Crippen LogP contribution >= 0.6 is 0 Å². The first kappa shape index (κ1) is 15.2. The first-order valence-corrected chi connectivity index (χ1v) is 7.24. The van der Waals surface area contributed by atoms with Crippen molar-refractivity contribution in [2.75, 3.05) is 36.0 Å². The molecular formula is C16H15F2N3O2. The van der Waals surface area contributed by atoms with E-state index in [0.29, 0.717) is 31.9 Å². The Morgan fingerprint density at radius 1 is 0.913 bits per heavy atom. The molecule has 1 heterocycles. The van der Waals surface area contributed by atoms with E-state index >= 15 is 0 Å². The van der Waals surface area contributed by atoms with Gasteiger partial charge in [0.05, 0.1) is 10.6 Å². The third-order valence-electron chi connectivity index (χ3n) is 3.95. The van der Waals surface area contributed by atoms with Gasteiger partial charge in [-0.2, -0.15) is 0 Å². The lowest BCUT2D eigenvalue weighted by atomic mass is 10.2. The zero-order valence-corrected chi connectivity index (χ0v) is 12.3. The summed E-state index contributed by atoms with van der Waals surface area (Å²) < 4.78 is 27.3. The molecule has 0 saturated carbocycles. The average Bonchev–Trinajstić information content (AvgIpc) is 2.55. The zero-order valence-electron chi connectivity index (χ0n) is 12.3. The highest BCUT2D eigenvalue weighted by Crippen LogP contribution is 2.30. The number of anilines is 2. The van der Waals surface area contributed by atoms with Gasteiger partial charge in [-0.15, -0.1) is 0 Å². The van der Waals surface area contributed by atoms with Gasteiger partial charge in [0.2, 0.25) is 0 Å². The fourth-order valence-electron chi connectivity index (χ4n) is 2.80. The van der Waals surface area contributed by atoms with Crippen LogP contribution in [-0.4, -0.2) is 31.1 Å². The summed E-state index contributed by atoms with van der Waals surface area (Å²) in [6, 6.07) is 9.93.